The van der Waals surface area contributed by atoms with E-state index in [1.54, 1.807) is 12.1 Å². The quantitative estimate of drug-likeness (QED) is 0.704. The van der Waals surface area contributed by atoms with Crippen molar-refractivity contribution in [3.05, 3.63) is 24.5 Å². The van der Waals surface area contributed by atoms with Crippen molar-refractivity contribution in [2.75, 3.05) is 11.0 Å². The zero-order valence-electron chi connectivity index (χ0n) is 5.98. The van der Waals surface area contributed by atoms with Crippen LogP contribution in [0, 0.1) is 0 Å². The number of sulfonamides is 1. The minimum absolute atomic E-state index is 0.530. The van der Waals surface area contributed by atoms with Crippen molar-refractivity contribution in [2.45, 2.75) is 0 Å². The molecule has 0 aliphatic rings. The summed E-state index contributed by atoms with van der Waals surface area (Å²) < 4.78 is 23.7. The molecule has 0 amide bonds. The average Bonchev–Trinajstić information content (AvgIpc) is 1.85. The molecule has 4 nitrogen and oxygen atoms in total. The average molecular weight is 172 g/mol. The maximum atomic E-state index is 10.7. The van der Waals surface area contributed by atoms with E-state index in [0.717, 1.165) is 6.26 Å². The van der Waals surface area contributed by atoms with Gasteiger partial charge in [-0.15, -0.1) is 0 Å². The summed E-state index contributed by atoms with van der Waals surface area (Å²) in [5, 5.41) is 0. The molecule has 0 saturated heterocycles. The van der Waals surface area contributed by atoms with Gasteiger partial charge in [-0.05, 0) is 12.1 Å². The predicted octanol–water partition coefficient (Wildman–Crippen LogP) is 0.453. The first-order valence-electron chi connectivity index (χ1n) is 2.96. The van der Waals surface area contributed by atoms with Crippen LogP contribution in [0.1, 0.15) is 0 Å². The number of anilines is 1. The number of pyridine rings is 1. The molecular formula is C6H8N2O2S. The summed E-state index contributed by atoms with van der Waals surface area (Å²) >= 11 is 0. The van der Waals surface area contributed by atoms with Gasteiger partial charge in [0, 0.05) is 12.4 Å². The smallest absolute Gasteiger partial charge is 0.229 e. The highest BCUT2D eigenvalue weighted by molar-refractivity contribution is 7.92. The molecule has 11 heavy (non-hydrogen) atoms. The molecule has 0 saturated carbocycles. The lowest BCUT2D eigenvalue weighted by molar-refractivity contribution is 0.607. The Morgan fingerprint density at radius 2 is 1.91 bits per heavy atom. The fraction of sp³-hybridized carbons (Fsp3) is 0.167. The van der Waals surface area contributed by atoms with Crippen molar-refractivity contribution in [3.63, 3.8) is 0 Å². The van der Waals surface area contributed by atoms with Crippen LogP contribution in [-0.4, -0.2) is 19.7 Å². The van der Waals surface area contributed by atoms with E-state index in [4.69, 9.17) is 0 Å². The van der Waals surface area contributed by atoms with Crippen molar-refractivity contribution in [2.24, 2.45) is 0 Å². The summed E-state index contributed by atoms with van der Waals surface area (Å²) in [4.78, 5) is 3.74. The highest BCUT2D eigenvalue weighted by Crippen LogP contribution is 2.04. The Bertz CT molecular complexity index is 320. The van der Waals surface area contributed by atoms with E-state index < -0.39 is 10.0 Å². The number of rotatable bonds is 2. The van der Waals surface area contributed by atoms with Gasteiger partial charge in [0.2, 0.25) is 10.0 Å². The Morgan fingerprint density at radius 3 is 2.36 bits per heavy atom. The van der Waals surface area contributed by atoms with Crippen LogP contribution in [0.25, 0.3) is 0 Å². The van der Waals surface area contributed by atoms with Crippen LogP contribution in [-0.2, 0) is 10.0 Å². The van der Waals surface area contributed by atoms with Gasteiger partial charge < -0.3 is 0 Å². The van der Waals surface area contributed by atoms with Gasteiger partial charge in [0.05, 0.1) is 11.9 Å². The fourth-order valence-electron chi connectivity index (χ4n) is 0.634. The largest absolute Gasteiger partial charge is 0.284 e. The third-order valence-corrected chi connectivity index (χ3v) is 1.59. The van der Waals surface area contributed by atoms with E-state index in [9.17, 15) is 8.42 Å². The molecule has 0 aliphatic heterocycles. The van der Waals surface area contributed by atoms with Crippen LogP contribution in [0.3, 0.4) is 0 Å². The Labute approximate surface area is 65.3 Å². The topological polar surface area (TPSA) is 59.1 Å². The van der Waals surface area contributed by atoms with E-state index in [1.807, 2.05) is 0 Å². The zero-order chi connectivity index (χ0) is 8.32. The number of nitrogens with one attached hydrogen (secondary N) is 1. The first-order valence-corrected chi connectivity index (χ1v) is 4.85. The molecule has 1 rings (SSSR count). The Morgan fingerprint density at radius 1 is 1.36 bits per heavy atom. The zero-order valence-corrected chi connectivity index (χ0v) is 6.80. The highest BCUT2D eigenvalue weighted by atomic mass is 32.2. The summed E-state index contributed by atoms with van der Waals surface area (Å²) in [5.74, 6) is 0. The Balaban J connectivity index is 2.82. The van der Waals surface area contributed by atoms with E-state index in [0.29, 0.717) is 5.69 Å². The molecule has 1 aromatic heterocycles. The molecule has 0 spiro atoms. The molecule has 1 N–H and O–H groups in total. The number of aromatic nitrogens is 1. The van der Waals surface area contributed by atoms with E-state index >= 15 is 0 Å². The molecule has 0 aromatic carbocycles. The van der Waals surface area contributed by atoms with Crippen LogP contribution in [0.15, 0.2) is 24.5 Å². The van der Waals surface area contributed by atoms with Crippen molar-refractivity contribution in [1.82, 2.24) is 4.98 Å². The fourth-order valence-corrected chi connectivity index (χ4v) is 1.20. The molecule has 0 bridgehead atoms. The Kier molecular flexibility index (Phi) is 2.09. The molecule has 0 unspecified atom stereocenters. The van der Waals surface area contributed by atoms with Gasteiger partial charge in [0.25, 0.3) is 0 Å². The molecule has 1 aromatic rings. The summed E-state index contributed by atoms with van der Waals surface area (Å²) in [6.45, 7) is 0. The SMILES string of the molecule is CS(=O)(=O)Nc1ccncc1. The predicted molar refractivity (Wildman–Crippen MR) is 42.7 cm³/mol. The Hall–Kier alpha value is -1.10. The number of hydrogen-bond donors (Lipinski definition) is 1. The normalized spacial score (nSPS) is 11.0. The van der Waals surface area contributed by atoms with Crippen LogP contribution in [0.5, 0.6) is 0 Å². The van der Waals surface area contributed by atoms with Crippen LogP contribution in [0.4, 0.5) is 5.69 Å². The second-order valence-corrected chi connectivity index (χ2v) is 3.86. The van der Waals surface area contributed by atoms with Gasteiger partial charge >= 0.3 is 0 Å². The lowest BCUT2D eigenvalue weighted by Crippen LogP contribution is -2.09. The third kappa shape index (κ3) is 2.99. The molecule has 0 aliphatic carbocycles. The van der Waals surface area contributed by atoms with Gasteiger partial charge in [-0.3, -0.25) is 9.71 Å². The third-order valence-electron chi connectivity index (χ3n) is 0.984. The second kappa shape index (κ2) is 2.87. The molecular weight excluding hydrogens is 164 g/mol. The van der Waals surface area contributed by atoms with Crippen molar-refractivity contribution < 1.29 is 8.42 Å². The molecule has 0 atom stereocenters. The second-order valence-electron chi connectivity index (χ2n) is 2.11. The van der Waals surface area contributed by atoms with Gasteiger partial charge in [-0.1, -0.05) is 0 Å². The maximum absolute atomic E-state index is 10.7. The number of nitrogens with zero attached hydrogens (tertiary/aromatic N) is 1. The van der Waals surface area contributed by atoms with Crippen LogP contribution >= 0.6 is 0 Å². The maximum Gasteiger partial charge on any atom is 0.229 e. The van der Waals surface area contributed by atoms with Crippen LogP contribution < -0.4 is 4.72 Å². The van der Waals surface area contributed by atoms with Gasteiger partial charge in [0.1, 0.15) is 0 Å². The van der Waals surface area contributed by atoms with E-state index in [1.165, 1.54) is 12.4 Å². The minimum atomic E-state index is -3.15. The molecule has 0 fully saturated rings. The summed E-state index contributed by atoms with van der Waals surface area (Å²) in [5.41, 5.74) is 0.530. The van der Waals surface area contributed by atoms with Gasteiger partial charge in [-0.2, -0.15) is 0 Å². The lowest BCUT2D eigenvalue weighted by Gasteiger charge is -2.00. The summed E-state index contributed by atoms with van der Waals surface area (Å²) in [6, 6.07) is 3.17. The molecule has 60 valence electrons. The van der Waals surface area contributed by atoms with Crippen molar-refractivity contribution in [3.8, 4) is 0 Å². The van der Waals surface area contributed by atoms with Gasteiger partial charge in [-0.25, -0.2) is 8.42 Å². The number of hydrogen-bond acceptors (Lipinski definition) is 3. The van der Waals surface area contributed by atoms with Gasteiger partial charge in [0.15, 0.2) is 0 Å². The molecule has 0 radical (unpaired) electrons. The first kappa shape index (κ1) is 8.00. The van der Waals surface area contributed by atoms with E-state index in [-0.39, 0.29) is 0 Å². The van der Waals surface area contributed by atoms with E-state index in [2.05, 4.69) is 9.71 Å². The van der Waals surface area contributed by atoms with Crippen LogP contribution in [0.2, 0.25) is 0 Å². The monoisotopic (exact) mass is 172 g/mol. The van der Waals surface area contributed by atoms with Crippen molar-refractivity contribution in [1.29, 1.82) is 0 Å². The minimum Gasteiger partial charge on any atom is -0.284 e. The molecule has 1 heterocycles. The highest BCUT2D eigenvalue weighted by Gasteiger charge is 1.98. The summed E-state index contributed by atoms with van der Waals surface area (Å²) in [7, 11) is -3.15. The standard InChI is InChI=1S/C6H8N2O2S/c1-11(9,10)8-6-2-4-7-5-3-6/h2-5H,1H3,(H,7,8). The lowest BCUT2D eigenvalue weighted by atomic mass is 10.4. The first-order chi connectivity index (χ1) is 5.08. The molecule has 5 heteroatoms. The summed E-state index contributed by atoms with van der Waals surface area (Å²) in [6.07, 6.45) is 4.15. The van der Waals surface area contributed by atoms with Crippen molar-refractivity contribution >= 4 is 15.7 Å².